The number of allylic oxidation sites excluding steroid dienone is 1. The first-order valence-electron chi connectivity index (χ1n) is 5.43. The second-order valence-corrected chi connectivity index (χ2v) is 8.48. The summed E-state index contributed by atoms with van der Waals surface area (Å²) in [6.07, 6.45) is 0. The predicted molar refractivity (Wildman–Crippen MR) is 65.8 cm³/mol. The van der Waals surface area contributed by atoms with E-state index in [1.54, 1.807) is 0 Å². The van der Waals surface area contributed by atoms with Crippen LogP contribution in [0.15, 0.2) is 11.3 Å². The molecular weight excluding hydrogens is 224 g/mol. The number of hydrogen-bond donors (Lipinski definition) is 0. The van der Waals surface area contributed by atoms with Gasteiger partial charge in [0, 0.05) is 19.8 Å². The molecule has 0 aliphatic carbocycles. The lowest BCUT2D eigenvalue weighted by Gasteiger charge is -2.27. The molecule has 0 amide bonds. The van der Waals surface area contributed by atoms with Crippen LogP contribution in [-0.4, -0.2) is 37.2 Å². The summed E-state index contributed by atoms with van der Waals surface area (Å²) in [5.41, 5.74) is 3.44. The first kappa shape index (κ1) is 15.1. The van der Waals surface area contributed by atoms with E-state index in [0.717, 1.165) is 0 Å². The minimum absolute atomic E-state index is 0.505. The van der Waals surface area contributed by atoms with Crippen LogP contribution in [0.4, 0.5) is 0 Å². The van der Waals surface area contributed by atoms with Gasteiger partial charge in [0.15, 0.2) is 9.04 Å². The van der Waals surface area contributed by atoms with Gasteiger partial charge in [0.05, 0.1) is 0 Å². The molecule has 0 heterocycles. The van der Waals surface area contributed by atoms with E-state index in [9.17, 15) is 0 Å². The maximum atomic E-state index is 5.72. The number of rotatable bonds is 8. The summed E-state index contributed by atoms with van der Waals surface area (Å²) in [5.74, 6) is 0. The molecule has 0 aromatic rings. The molecule has 3 nitrogen and oxygen atoms in total. The summed E-state index contributed by atoms with van der Waals surface area (Å²) >= 11 is 0. The SMILES string of the molecule is CCO[Si](OCC)(OCC)[Si]C=C(C)C. The highest BCUT2D eigenvalue weighted by Crippen LogP contribution is 2.09. The molecule has 15 heavy (non-hydrogen) atoms. The fraction of sp³-hybridized carbons (Fsp3) is 0.800. The van der Waals surface area contributed by atoms with Gasteiger partial charge in [0.25, 0.3) is 0 Å². The van der Waals surface area contributed by atoms with Crippen molar-refractivity contribution in [2.45, 2.75) is 34.6 Å². The molecule has 0 fully saturated rings. The molecule has 0 unspecified atom stereocenters. The van der Waals surface area contributed by atoms with E-state index < -0.39 is 8.32 Å². The van der Waals surface area contributed by atoms with Gasteiger partial charge in [-0.3, -0.25) is 0 Å². The Morgan fingerprint density at radius 3 is 1.67 bits per heavy atom. The average Bonchev–Trinajstić information content (AvgIpc) is 2.16. The smallest absolute Gasteiger partial charge is 0.377 e. The molecule has 0 N–H and O–H groups in total. The van der Waals surface area contributed by atoms with Crippen LogP contribution in [0, 0.1) is 0 Å². The Bertz CT molecular complexity index is 174. The first-order valence-corrected chi connectivity index (χ1v) is 9.23. The lowest BCUT2D eigenvalue weighted by atomic mass is 10.4. The van der Waals surface area contributed by atoms with Crippen molar-refractivity contribution < 1.29 is 13.3 Å². The quantitative estimate of drug-likeness (QED) is 0.614. The van der Waals surface area contributed by atoms with Gasteiger partial charge >= 0.3 is 8.32 Å². The van der Waals surface area contributed by atoms with Crippen molar-refractivity contribution in [2.75, 3.05) is 19.8 Å². The lowest BCUT2D eigenvalue weighted by molar-refractivity contribution is 0.0933. The Labute approximate surface area is 96.8 Å². The second kappa shape index (κ2) is 8.23. The van der Waals surface area contributed by atoms with Gasteiger partial charge in [0.2, 0.25) is 0 Å². The predicted octanol–water partition coefficient (Wildman–Crippen LogP) is 2.16. The van der Waals surface area contributed by atoms with Gasteiger partial charge in [-0.1, -0.05) is 11.3 Å². The van der Waals surface area contributed by atoms with Crippen molar-refractivity contribution in [3.05, 3.63) is 11.3 Å². The fourth-order valence-corrected chi connectivity index (χ4v) is 6.60. The van der Waals surface area contributed by atoms with Crippen molar-refractivity contribution in [3.63, 3.8) is 0 Å². The van der Waals surface area contributed by atoms with Crippen LogP contribution in [0.25, 0.3) is 0 Å². The van der Waals surface area contributed by atoms with Crippen molar-refractivity contribution in [1.82, 2.24) is 0 Å². The minimum Gasteiger partial charge on any atom is -0.377 e. The van der Waals surface area contributed by atoms with E-state index in [1.807, 2.05) is 20.8 Å². The second-order valence-electron chi connectivity index (χ2n) is 3.22. The molecule has 88 valence electrons. The molecule has 0 saturated heterocycles. The van der Waals surface area contributed by atoms with Crippen molar-refractivity contribution in [2.24, 2.45) is 0 Å². The highest BCUT2D eigenvalue weighted by Gasteiger charge is 2.39. The normalized spacial score (nSPS) is 11.5. The van der Waals surface area contributed by atoms with Gasteiger partial charge in [-0.15, -0.1) is 0 Å². The van der Waals surface area contributed by atoms with Gasteiger partial charge in [-0.2, -0.15) is 0 Å². The van der Waals surface area contributed by atoms with Crippen LogP contribution in [0.3, 0.4) is 0 Å². The summed E-state index contributed by atoms with van der Waals surface area (Å²) in [4.78, 5) is 0. The van der Waals surface area contributed by atoms with Crippen LogP contribution in [-0.2, 0) is 13.3 Å². The topological polar surface area (TPSA) is 27.7 Å². The largest absolute Gasteiger partial charge is 0.469 e. The Morgan fingerprint density at radius 1 is 1.00 bits per heavy atom. The van der Waals surface area contributed by atoms with Crippen LogP contribution in [0.5, 0.6) is 0 Å². The molecule has 0 bridgehead atoms. The average molecular weight is 246 g/mol. The summed E-state index contributed by atoms with van der Waals surface area (Å²) < 4.78 is 17.2. The zero-order valence-corrected chi connectivity index (χ0v) is 12.4. The molecule has 0 aliphatic heterocycles. The van der Waals surface area contributed by atoms with Crippen LogP contribution >= 0.6 is 0 Å². The first-order chi connectivity index (χ1) is 7.10. The van der Waals surface area contributed by atoms with Crippen LogP contribution < -0.4 is 0 Å². The van der Waals surface area contributed by atoms with E-state index in [0.29, 0.717) is 28.9 Å². The highest BCUT2D eigenvalue weighted by molar-refractivity contribution is 7.16. The summed E-state index contributed by atoms with van der Waals surface area (Å²) in [7, 11) is -1.90. The molecule has 0 spiro atoms. The molecule has 0 atom stereocenters. The maximum absolute atomic E-state index is 5.72. The third-order valence-corrected chi connectivity index (χ3v) is 7.41. The van der Waals surface area contributed by atoms with Crippen molar-refractivity contribution in [3.8, 4) is 0 Å². The Balaban J connectivity index is 4.52. The third-order valence-electron chi connectivity index (χ3n) is 1.54. The third kappa shape index (κ3) is 6.26. The zero-order valence-electron chi connectivity index (χ0n) is 10.4. The van der Waals surface area contributed by atoms with Gasteiger partial charge in [-0.05, 0) is 34.6 Å². The van der Waals surface area contributed by atoms with Crippen molar-refractivity contribution in [1.29, 1.82) is 0 Å². The van der Waals surface area contributed by atoms with Crippen LogP contribution in [0.1, 0.15) is 34.6 Å². The minimum atomic E-state index is -2.41. The molecular formula is C10H22O3Si2. The molecule has 5 heteroatoms. The lowest BCUT2D eigenvalue weighted by Crippen LogP contribution is -2.51. The summed E-state index contributed by atoms with van der Waals surface area (Å²) in [6.45, 7) is 12.0. The van der Waals surface area contributed by atoms with Crippen LogP contribution in [0.2, 0.25) is 0 Å². The molecule has 2 radical (unpaired) electrons. The maximum Gasteiger partial charge on any atom is 0.469 e. The molecule has 0 aromatic carbocycles. The monoisotopic (exact) mass is 246 g/mol. The fourth-order valence-electron chi connectivity index (χ4n) is 1.05. The Kier molecular flexibility index (Phi) is 8.26. The van der Waals surface area contributed by atoms with E-state index in [2.05, 4.69) is 19.5 Å². The standard InChI is InChI=1S/C10H22O3Si2/c1-6-11-15(12-7-2,13-8-3)14-9-10(4)5/h9H,6-8H2,1-5H3. The van der Waals surface area contributed by atoms with E-state index in [-0.39, 0.29) is 0 Å². The van der Waals surface area contributed by atoms with Gasteiger partial charge < -0.3 is 13.3 Å². The Hall–Kier alpha value is 0.0538. The van der Waals surface area contributed by atoms with Gasteiger partial charge in [0.1, 0.15) is 0 Å². The number of hydrogen-bond acceptors (Lipinski definition) is 3. The van der Waals surface area contributed by atoms with E-state index in [1.165, 1.54) is 5.57 Å². The van der Waals surface area contributed by atoms with E-state index in [4.69, 9.17) is 13.3 Å². The summed E-state index contributed by atoms with van der Waals surface area (Å²) in [5, 5.41) is 0. The van der Waals surface area contributed by atoms with Crippen molar-refractivity contribution >= 4 is 17.4 Å². The molecule has 0 aromatic heterocycles. The van der Waals surface area contributed by atoms with E-state index >= 15 is 0 Å². The summed E-state index contributed by atoms with van der Waals surface area (Å²) in [6, 6.07) is 0. The zero-order chi connectivity index (χ0) is 11.7. The Morgan fingerprint density at radius 2 is 1.40 bits per heavy atom. The highest BCUT2D eigenvalue weighted by atomic mass is 29.2. The molecule has 0 saturated carbocycles. The molecule has 0 aliphatic rings. The van der Waals surface area contributed by atoms with Gasteiger partial charge in [-0.25, -0.2) is 0 Å². The molecule has 0 rings (SSSR count).